The van der Waals surface area contributed by atoms with Crippen molar-refractivity contribution in [2.24, 2.45) is 11.7 Å². The van der Waals surface area contributed by atoms with Gasteiger partial charge in [0.1, 0.15) is 6.61 Å². The Balaban J connectivity index is 1.37. The van der Waals surface area contributed by atoms with Crippen LogP contribution >= 0.6 is 0 Å². The van der Waals surface area contributed by atoms with Gasteiger partial charge >= 0.3 is 6.09 Å². The summed E-state index contributed by atoms with van der Waals surface area (Å²) in [6.45, 7) is 2.33. The number of aromatic nitrogens is 1. The first-order valence-corrected chi connectivity index (χ1v) is 12.0. The van der Waals surface area contributed by atoms with Crippen LogP contribution in [0.1, 0.15) is 35.2 Å². The van der Waals surface area contributed by atoms with Gasteiger partial charge in [-0.3, -0.25) is 9.78 Å². The number of amides is 2. The first kappa shape index (κ1) is 25.1. The van der Waals surface area contributed by atoms with Crippen LogP contribution in [0, 0.1) is 5.92 Å². The summed E-state index contributed by atoms with van der Waals surface area (Å²) in [5.41, 5.74) is 8.52. The lowest BCUT2D eigenvalue weighted by molar-refractivity contribution is 0.100. The fourth-order valence-electron chi connectivity index (χ4n) is 4.62. The van der Waals surface area contributed by atoms with Crippen molar-refractivity contribution in [1.82, 2.24) is 10.3 Å². The topological polar surface area (TPSA) is 116 Å². The molecule has 2 amide bonds. The largest absolute Gasteiger partial charge is 0.493 e. The summed E-state index contributed by atoms with van der Waals surface area (Å²) in [5, 5.41) is 3.64. The van der Waals surface area contributed by atoms with Crippen LogP contribution in [0.25, 0.3) is 10.9 Å². The van der Waals surface area contributed by atoms with E-state index in [1.54, 1.807) is 20.3 Å². The van der Waals surface area contributed by atoms with Gasteiger partial charge in [0.2, 0.25) is 0 Å². The Labute approximate surface area is 210 Å². The highest BCUT2D eigenvalue weighted by molar-refractivity contribution is 6.07. The molecule has 0 spiro atoms. The normalized spacial score (nSPS) is 13.9. The van der Waals surface area contributed by atoms with Gasteiger partial charge in [-0.25, -0.2) is 4.79 Å². The van der Waals surface area contributed by atoms with Crippen molar-refractivity contribution in [2.75, 3.05) is 38.8 Å². The van der Waals surface area contributed by atoms with Gasteiger partial charge in [0.15, 0.2) is 11.5 Å². The monoisotopic (exact) mass is 492 g/mol. The predicted octanol–water partition coefficient (Wildman–Crippen LogP) is 3.88. The molecule has 2 heterocycles. The average Bonchev–Trinajstić information content (AvgIpc) is 2.91. The van der Waals surface area contributed by atoms with E-state index in [-0.39, 0.29) is 6.61 Å². The van der Waals surface area contributed by atoms with Crippen molar-refractivity contribution >= 4 is 28.6 Å². The highest BCUT2D eigenvalue weighted by Crippen LogP contribution is 2.38. The van der Waals surface area contributed by atoms with Crippen LogP contribution in [0.3, 0.4) is 0 Å². The smallest absolute Gasteiger partial charge is 0.407 e. The number of hydrogen-bond acceptors (Lipinski definition) is 7. The zero-order valence-corrected chi connectivity index (χ0v) is 20.7. The molecule has 1 saturated heterocycles. The molecule has 1 fully saturated rings. The Kier molecular flexibility index (Phi) is 8.10. The molecule has 3 N–H and O–H groups in total. The molecule has 0 saturated carbocycles. The van der Waals surface area contributed by atoms with E-state index in [4.69, 9.17) is 19.9 Å². The lowest BCUT2D eigenvalue weighted by Crippen LogP contribution is -2.36. The maximum Gasteiger partial charge on any atom is 0.407 e. The predicted molar refractivity (Wildman–Crippen MR) is 138 cm³/mol. The number of anilines is 1. The first-order valence-electron chi connectivity index (χ1n) is 12.0. The minimum Gasteiger partial charge on any atom is -0.493 e. The molecule has 0 unspecified atom stereocenters. The zero-order chi connectivity index (χ0) is 25.5. The highest BCUT2D eigenvalue weighted by atomic mass is 16.5. The number of fused-ring (bicyclic) bond motifs is 1. The number of nitrogens with one attached hydrogen (secondary N) is 1. The molecule has 1 aliphatic rings. The number of rotatable bonds is 9. The van der Waals surface area contributed by atoms with Crippen LogP contribution in [0.15, 0.2) is 48.7 Å². The summed E-state index contributed by atoms with van der Waals surface area (Å²) in [7, 11) is 3.15. The number of nitrogens with zero attached hydrogens (tertiary/aromatic N) is 2. The van der Waals surface area contributed by atoms with Crippen LogP contribution in [0.4, 0.5) is 10.5 Å². The summed E-state index contributed by atoms with van der Waals surface area (Å²) in [5.74, 6) is 1.07. The first-order chi connectivity index (χ1) is 17.5. The second-order valence-electron chi connectivity index (χ2n) is 8.82. The summed E-state index contributed by atoms with van der Waals surface area (Å²) in [6.07, 6.45) is 3.84. The van der Waals surface area contributed by atoms with Gasteiger partial charge in [-0.15, -0.1) is 0 Å². The van der Waals surface area contributed by atoms with Crippen molar-refractivity contribution in [3.05, 3.63) is 59.8 Å². The summed E-state index contributed by atoms with van der Waals surface area (Å²) in [4.78, 5) is 30.9. The quantitative estimate of drug-likeness (QED) is 0.466. The molecule has 0 aliphatic carbocycles. The van der Waals surface area contributed by atoms with Crippen LogP contribution < -0.4 is 25.4 Å². The molecular formula is C27H32N4O5. The lowest BCUT2D eigenvalue weighted by atomic mass is 9.92. The summed E-state index contributed by atoms with van der Waals surface area (Å²) < 4.78 is 16.2. The molecule has 1 aromatic heterocycles. The number of ether oxygens (including phenoxy) is 3. The second kappa shape index (κ2) is 11.6. The van der Waals surface area contributed by atoms with E-state index in [9.17, 15) is 9.59 Å². The maximum absolute atomic E-state index is 12.2. The molecule has 2 aromatic carbocycles. The molecule has 9 nitrogen and oxygen atoms in total. The number of carbonyl (C=O) groups is 2. The Morgan fingerprint density at radius 2 is 1.78 bits per heavy atom. The molecule has 190 valence electrons. The minimum absolute atomic E-state index is 0.254. The fourth-order valence-corrected chi connectivity index (χ4v) is 4.62. The third-order valence-corrected chi connectivity index (χ3v) is 6.58. The van der Waals surface area contributed by atoms with E-state index < -0.39 is 12.0 Å². The lowest BCUT2D eigenvalue weighted by Gasteiger charge is -2.35. The number of benzene rings is 2. The molecule has 0 radical (unpaired) electrons. The van der Waals surface area contributed by atoms with Crippen molar-refractivity contribution in [1.29, 1.82) is 0 Å². The third-order valence-electron chi connectivity index (χ3n) is 6.58. The molecule has 36 heavy (non-hydrogen) atoms. The molecule has 3 aromatic rings. The van der Waals surface area contributed by atoms with Crippen LogP contribution in [-0.4, -0.2) is 50.8 Å². The number of methoxy groups -OCH3 is 2. The van der Waals surface area contributed by atoms with Gasteiger partial charge in [-0.05, 0) is 36.8 Å². The number of carbonyl (C=O) groups excluding carboxylic acids is 2. The Bertz CT molecular complexity index is 1210. The van der Waals surface area contributed by atoms with E-state index >= 15 is 0 Å². The Hall–Kier alpha value is -4.01. The molecule has 0 bridgehead atoms. The van der Waals surface area contributed by atoms with E-state index in [0.717, 1.165) is 49.0 Å². The van der Waals surface area contributed by atoms with Gasteiger partial charge < -0.3 is 30.2 Å². The van der Waals surface area contributed by atoms with Crippen molar-refractivity contribution < 1.29 is 23.8 Å². The van der Waals surface area contributed by atoms with Crippen molar-refractivity contribution in [2.45, 2.75) is 25.9 Å². The van der Waals surface area contributed by atoms with Crippen molar-refractivity contribution in [3.63, 3.8) is 0 Å². The number of nitrogens with two attached hydrogens (primary N) is 1. The van der Waals surface area contributed by atoms with Gasteiger partial charge in [0, 0.05) is 37.3 Å². The standard InChI is InChI=1S/C27H32N4O5/c1-34-23-14-20-22(15-24(23)35-2)30-16-21(26(28)32)25(20)31-12-9-18(10-13-31)8-11-29-27(33)36-17-19-6-4-3-5-7-19/h3-7,14-16,18H,8-13,17H2,1-2H3,(H2,28,32)(H,29,33). The molecule has 9 heteroatoms. The van der Waals surface area contributed by atoms with E-state index in [1.807, 2.05) is 36.4 Å². The molecular weight excluding hydrogens is 460 g/mol. The second-order valence-corrected chi connectivity index (χ2v) is 8.82. The Morgan fingerprint density at radius 3 is 2.44 bits per heavy atom. The van der Waals surface area contributed by atoms with E-state index in [2.05, 4.69) is 15.2 Å². The van der Waals surface area contributed by atoms with E-state index in [0.29, 0.717) is 35.0 Å². The fraction of sp³-hybridized carbons (Fsp3) is 0.370. The Morgan fingerprint density at radius 1 is 1.08 bits per heavy atom. The van der Waals surface area contributed by atoms with Gasteiger partial charge in [-0.1, -0.05) is 30.3 Å². The van der Waals surface area contributed by atoms with Gasteiger partial charge in [-0.2, -0.15) is 0 Å². The third kappa shape index (κ3) is 5.79. The van der Waals surface area contributed by atoms with Gasteiger partial charge in [0.25, 0.3) is 5.91 Å². The van der Waals surface area contributed by atoms with Crippen LogP contribution in [0.5, 0.6) is 11.5 Å². The summed E-state index contributed by atoms with van der Waals surface area (Å²) >= 11 is 0. The summed E-state index contributed by atoms with van der Waals surface area (Å²) in [6, 6.07) is 13.2. The van der Waals surface area contributed by atoms with Crippen molar-refractivity contribution in [3.8, 4) is 11.5 Å². The molecule has 4 rings (SSSR count). The number of alkyl carbamates (subject to hydrolysis) is 1. The number of pyridine rings is 1. The zero-order valence-electron chi connectivity index (χ0n) is 20.7. The SMILES string of the molecule is COc1cc2ncc(C(N)=O)c(N3CCC(CCNC(=O)OCc4ccccc4)CC3)c2cc1OC. The van der Waals surface area contributed by atoms with E-state index in [1.165, 1.54) is 6.20 Å². The molecule has 0 atom stereocenters. The number of primary amides is 1. The molecule has 1 aliphatic heterocycles. The minimum atomic E-state index is -0.519. The van der Waals surface area contributed by atoms with Gasteiger partial charge in [0.05, 0.1) is 31.0 Å². The maximum atomic E-state index is 12.2. The van der Waals surface area contributed by atoms with Crippen LogP contribution in [-0.2, 0) is 11.3 Å². The van der Waals surface area contributed by atoms with Crippen LogP contribution in [0.2, 0.25) is 0 Å². The number of piperidine rings is 1. The number of hydrogen-bond donors (Lipinski definition) is 2. The highest BCUT2D eigenvalue weighted by Gasteiger charge is 2.25. The average molecular weight is 493 g/mol.